The zero-order valence-corrected chi connectivity index (χ0v) is 13.1. The normalized spacial score (nSPS) is 10.4. The van der Waals surface area contributed by atoms with Gasteiger partial charge in [-0.25, -0.2) is 0 Å². The molecule has 0 aliphatic rings. The van der Waals surface area contributed by atoms with Gasteiger partial charge < -0.3 is 5.32 Å². The first kappa shape index (κ1) is 14.3. The summed E-state index contributed by atoms with van der Waals surface area (Å²) in [6, 6.07) is 7.63. The molecule has 0 bridgehead atoms. The Labute approximate surface area is 130 Å². The fourth-order valence-electron chi connectivity index (χ4n) is 1.63. The second-order valence-corrected chi connectivity index (χ2v) is 5.76. The maximum Gasteiger partial charge on any atom is 0.241 e. The predicted octanol–water partition coefficient (Wildman–Crippen LogP) is 2.50. The van der Waals surface area contributed by atoms with Crippen LogP contribution in [0, 0.1) is 3.57 Å². The lowest BCUT2D eigenvalue weighted by Crippen LogP contribution is -2.29. The van der Waals surface area contributed by atoms with E-state index in [2.05, 4.69) is 33.0 Å². The zero-order valence-electron chi connectivity index (χ0n) is 10.1. The second kappa shape index (κ2) is 6.91. The largest absolute Gasteiger partial charge is 0.354 e. The Hall–Kier alpha value is -1.08. The Morgan fingerprint density at radius 3 is 2.74 bits per heavy atom. The third-order valence-electron chi connectivity index (χ3n) is 2.56. The molecule has 0 fully saturated rings. The van der Waals surface area contributed by atoms with Crippen molar-refractivity contribution in [1.29, 1.82) is 0 Å². The number of amides is 1. The van der Waals surface area contributed by atoms with Gasteiger partial charge in [0.2, 0.25) is 5.91 Å². The highest BCUT2D eigenvalue weighted by Crippen LogP contribution is 2.09. The van der Waals surface area contributed by atoms with E-state index in [1.165, 1.54) is 0 Å². The molecule has 0 radical (unpaired) electrons. The molecule has 1 heterocycles. The van der Waals surface area contributed by atoms with Crippen LogP contribution in [0.2, 0.25) is 5.02 Å². The summed E-state index contributed by atoms with van der Waals surface area (Å²) in [5.41, 5.74) is 1.15. The topological polar surface area (TPSA) is 46.9 Å². The highest BCUT2D eigenvalue weighted by molar-refractivity contribution is 14.1. The summed E-state index contributed by atoms with van der Waals surface area (Å²) in [7, 11) is 0. The van der Waals surface area contributed by atoms with Crippen molar-refractivity contribution in [3.8, 4) is 0 Å². The number of carbonyl (C=O) groups excluding carboxylic acids is 1. The van der Waals surface area contributed by atoms with Gasteiger partial charge >= 0.3 is 0 Å². The zero-order chi connectivity index (χ0) is 13.7. The van der Waals surface area contributed by atoms with Gasteiger partial charge in [0.05, 0.1) is 9.77 Å². The van der Waals surface area contributed by atoms with Crippen molar-refractivity contribution in [2.75, 3.05) is 6.54 Å². The van der Waals surface area contributed by atoms with Gasteiger partial charge in [-0.1, -0.05) is 23.7 Å². The van der Waals surface area contributed by atoms with E-state index in [9.17, 15) is 4.79 Å². The SMILES string of the molecule is O=C(Cn1cc(I)cn1)NCCc1ccc(Cl)cc1. The number of benzene rings is 1. The van der Waals surface area contributed by atoms with E-state index in [0.29, 0.717) is 6.54 Å². The van der Waals surface area contributed by atoms with Crippen molar-refractivity contribution in [3.63, 3.8) is 0 Å². The standard InChI is InChI=1S/C13H13ClIN3O/c14-11-3-1-10(2-4-11)5-6-16-13(19)9-18-8-12(15)7-17-18/h1-4,7-8H,5-6,9H2,(H,16,19). The molecule has 0 aliphatic carbocycles. The summed E-state index contributed by atoms with van der Waals surface area (Å²) in [4.78, 5) is 11.7. The fraction of sp³-hybridized carbons (Fsp3) is 0.231. The van der Waals surface area contributed by atoms with Gasteiger partial charge in [-0.3, -0.25) is 9.48 Å². The first-order chi connectivity index (χ1) is 9.13. The Morgan fingerprint density at radius 1 is 1.37 bits per heavy atom. The molecule has 1 amide bonds. The van der Waals surface area contributed by atoms with E-state index in [4.69, 9.17) is 11.6 Å². The lowest BCUT2D eigenvalue weighted by Gasteiger charge is -2.05. The number of hydrogen-bond acceptors (Lipinski definition) is 2. The van der Waals surface area contributed by atoms with Crippen molar-refractivity contribution in [1.82, 2.24) is 15.1 Å². The van der Waals surface area contributed by atoms with E-state index in [-0.39, 0.29) is 12.5 Å². The van der Waals surface area contributed by atoms with Crippen LogP contribution in [0.5, 0.6) is 0 Å². The summed E-state index contributed by atoms with van der Waals surface area (Å²) >= 11 is 7.97. The fourth-order valence-corrected chi connectivity index (χ4v) is 2.20. The third-order valence-corrected chi connectivity index (χ3v) is 3.37. The highest BCUT2D eigenvalue weighted by atomic mass is 127. The van der Waals surface area contributed by atoms with Gasteiger partial charge in [0.1, 0.15) is 6.54 Å². The van der Waals surface area contributed by atoms with Crippen molar-refractivity contribution in [3.05, 3.63) is 50.8 Å². The van der Waals surface area contributed by atoms with Crippen molar-refractivity contribution >= 4 is 40.1 Å². The molecule has 100 valence electrons. The molecule has 1 aromatic carbocycles. The summed E-state index contributed by atoms with van der Waals surface area (Å²) in [5, 5.41) is 7.66. The highest BCUT2D eigenvalue weighted by Gasteiger charge is 2.03. The lowest BCUT2D eigenvalue weighted by molar-refractivity contribution is -0.121. The quantitative estimate of drug-likeness (QED) is 0.799. The minimum Gasteiger partial charge on any atom is -0.354 e. The van der Waals surface area contributed by atoms with Crippen LogP contribution in [0.15, 0.2) is 36.7 Å². The molecule has 1 aromatic heterocycles. The minimum atomic E-state index is -0.0338. The number of hydrogen-bond donors (Lipinski definition) is 1. The van der Waals surface area contributed by atoms with Gasteiger partial charge in [0.15, 0.2) is 0 Å². The van der Waals surface area contributed by atoms with E-state index >= 15 is 0 Å². The van der Waals surface area contributed by atoms with Crippen LogP contribution in [0.1, 0.15) is 5.56 Å². The average molecular weight is 390 g/mol. The molecule has 0 saturated carbocycles. The number of nitrogens with one attached hydrogen (secondary N) is 1. The Morgan fingerprint density at radius 2 is 2.11 bits per heavy atom. The maximum atomic E-state index is 11.7. The van der Waals surface area contributed by atoms with Crippen molar-refractivity contribution < 1.29 is 4.79 Å². The summed E-state index contributed by atoms with van der Waals surface area (Å²) < 4.78 is 2.64. The molecule has 2 aromatic rings. The van der Waals surface area contributed by atoms with E-state index in [1.807, 2.05) is 30.5 Å². The van der Waals surface area contributed by atoms with Gasteiger partial charge in [0, 0.05) is 17.8 Å². The van der Waals surface area contributed by atoms with Crippen LogP contribution in [0.25, 0.3) is 0 Å². The smallest absolute Gasteiger partial charge is 0.241 e. The molecule has 0 atom stereocenters. The number of rotatable bonds is 5. The van der Waals surface area contributed by atoms with Crippen LogP contribution >= 0.6 is 34.2 Å². The number of carbonyl (C=O) groups is 1. The molecule has 0 saturated heterocycles. The van der Waals surface area contributed by atoms with Crippen LogP contribution in [-0.4, -0.2) is 22.2 Å². The first-order valence-electron chi connectivity index (χ1n) is 5.82. The van der Waals surface area contributed by atoms with Gasteiger partial charge in [0.25, 0.3) is 0 Å². The van der Waals surface area contributed by atoms with Crippen molar-refractivity contribution in [2.24, 2.45) is 0 Å². The molecule has 0 unspecified atom stereocenters. The summed E-state index contributed by atoms with van der Waals surface area (Å²) in [6.07, 6.45) is 4.35. The molecule has 0 spiro atoms. The number of aromatic nitrogens is 2. The van der Waals surface area contributed by atoms with E-state index in [0.717, 1.165) is 20.6 Å². The summed E-state index contributed by atoms with van der Waals surface area (Å²) in [5.74, 6) is -0.0338. The van der Waals surface area contributed by atoms with Gasteiger partial charge in [-0.05, 0) is 46.7 Å². The van der Waals surface area contributed by atoms with Gasteiger partial charge in [-0.2, -0.15) is 5.10 Å². The Bertz CT molecular complexity index is 553. The predicted molar refractivity (Wildman–Crippen MR) is 83.1 cm³/mol. The molecule has 4 nitrogen and oxygen atoms in total. The molecule has 0 aliphatic heterocycles. The number of nitrogens with zero attached hydrogens (tertiary/aromatic N) is 2. The Balaban J connectivity index is 1.73. The van der Waals surface area contributed by atoms with Crippen LogP contribution < -0.4 is 5.32 Å². The average Bonchev–Trinajstić information content (AvgIpc) is 2.77. The Kier molecular flexibility index (Phi) is 5.21. The van der Waals surface area contributed by atoms with Crippen LogP contribution in [0.4, 0.5) is 0 Å². The second-order valence-electron chi connectivity index (χ2n) is 4.08. The molecule has 6 heteroatoms. The molecular weight excluding hydrogens is 377 g/mol. The lowest BCUT2D eigenvalue weighted by atomic mass is 10.1. The molecule has 2 rings (SSSR count). The number of halogens is 2. The molecule has 19 heavy (non-hydrogen) atoms. The van der Waals surface area contributed by atoms with Crippen LogP contribution in [0.3, 0.4) is 0 Å². The van der Waals surface area contributed by atoms with Crippen molar-refractivity contribution in [2.45, 2.75) is 13.0 Å². The minimum absolute atomic E-state index is 0.0338. The maximum absolute atomic E-state index is 11.7. The van der Waals surface area contributed by atoms with E-state index in [1.54, 1.807) is 10.9 Å². The molecule has 1 N–H and O–H groups in total. The third kappa shape index (κ3) is 4.83. The molecular formula is C13H13ClIN3O. The first-order valence-corrected chi connectivity index (χ1v) is 7.28. The monoisotopic (exact) mass is 389 g/mol. The summed E-state index contributed by atoms with van der Waals surface area (Å²) in [6.45, 7) is 0.864. The van der Waals surface area contributed by atoms with Crippen LogP contribution in [-0.2, 0) is 17.8 Å². The van der Waals surface area contributed by atoms with E-state index < -0.39 is 0 Å². The van der Waals surface area contributed by atoms with Gasteiger partial charge in [-0.15, -0.1) is 0 Å².